The van der Waals surface area contributed by atoms with Gasteiger partial charge >= 0.3 is 0 Å². The quantitative estimate of drug-likeness (QED) is 0.451. The molecule has 0 aliphatic rings. The third-order valence-corrected chi connectivity index (χ3v) is 2.72. The van der Waals surface area contributed by atoms with Gasteiger partial charge in [-0.2, -0.15) is 0 Å². The number of nitrogens with one attached hydrogen (secondary N) is 1. The van der Waals surface area contributed by atoms with Crippen molar-refractivity contribution in [3.63, 3.8) is 0 Å². The van der Waals surface area contributed by atoms with Gasteiger partial charge in [0.05, 0.1) is 6.54 Å². The highest BCUT2D eigenvalue weighted by Gasteiger charge is 2.06. The zero-order valence-electron chi connectivity index (χ0n) is 10.7. The van der Waals surface area contributed by atoms with Crippen LogP contribution in [0.4, 0.5) is 0 Å². The molecule has 1 unspecified atom stereocenters. The van der Waals surface area contributed by atoms with E-state index in [1.54, 1.807) is 4.90 Å². The van der Waals surface area contributed by atoms with Crippen molar-refractivity contribution < 1.29 is 9.59 Å². The Labute approximate surface area is 98.4 Å². The molecule has 0 aromatic carbocycles. The molecule has 0 fully saturated rings. The fourth-order valence-electron chi connectivity index (χ4n) is 1.71. The van der Waals surface area contributed by atoms with E-state index in [0.717, 1.165) is 32.1 Å². The van der Waals surface area contributed by atoms with Crippen molar-refractivity contribution in [2.75, 3.05) is 20.1 Å². The number of carbonyl (C=O) groups is 2. The van der Waals surface area contributed by atoms with Gasteiger partial charge in [0.1, 0.15) is 5.78 Å². The molecule has 0 aliphatic heterocycles. The number of ketones is 1. The molecule has 94 valence electrons. The van der Waals surface area contributed by atoms with Crippen molar-refractivity contribution in [1.29, 1.82) is 0 Å². The fraction of sp³-hybridized carbons (Fsp3) is 0.833. The highest BCUT2D eigenvalue weighted by molar-refractivity contribution is 5.79. The summed E-state index contributed by atoms with van der Waals surface area (Å²) < 4.78 is 0. The minimum absolute atomic E-state index is 0.0359. The van der Waals surface area contributed by atoms with Crippen LogP contribution in [0.5, 0.6) is 0 Å². The Bertz CT molecular complexity index is 203. The molecule has 0 saturated heterocycles. The molecular weight excluding hydrogens is 204 g/mol. The molecule has 0 heterocycles. The molecule has 0 spiro atoms. The predicted octanol–water partition coefficient (Wildman–Crippen LogP) is 1.20. The number of hydrogen-bond acceptors (Lipinski definition) is 3. The second-order valence-corrected chi connectivity index (χ2v) is 4.17. The van der Waals surface area contributed by atoms with Gasteiger partial charge < -0.3 is 10.2 Å². The highest BCUT2D eigenvalue weighted by Crippen LogP contribution is 2.04. The maximum absolute atomic E-state index is 10.8. The normalized spacial score (nSPS) is 12.2. The third-order valence-electron chi connectivity index (χ3n) is 2.72. The van der Waals surface area contributed by atoms with Crippen LogP contribution >= 0.6 is 0 Å². The standard InChI is InChI=1S/C12H24N2O2/c1-4-12(13-3)7-5-6-8-14(10-15)9-11(2)16/h10,12-13H,4-9H2,1-3H3. The summed E-state index contributed by atoms with van der Waals surface area (Å²) in [5, 5.41) is 3.25. The van der Waals surface area contributed by atoms with Crippen molar-refractivity contribution in [1.82, 2.24) is 10.2 Å². The Hall–Kier alpha value is -0.900. The zero-order valence-corrected chi connectivity index (χ0v) is 10.7. The number of carbonyl (C=O) groups excluding carboxylic acids is 2. The summed E-state index contributed by atoms with van der Waals surface area (Å²) in [6.07, 6.45) is 5.06. The molecule has 1 atom stereocenters. The molecule has 4 nitrogen and oxygen atoms in total. The second kappa shape index (κ2) is 9.33. The summed E-state index contributed by atoms with van der Waals surface area (Å²) in [6, 6.07) is 0.567. The van der Waals surface area contributed by atoms with E-state index in [-0.39, 0.29) is 12.3 Å². The Morgan fingerprint density at radius 2 is 2.12 bits per heavy atom. The van der Waals surface area contributed by atoms with E-state index in [2.05, 4.69) is 12.2 Å². The third kappa shape index (κ3) is 7.40. The lowest BCUT2D eigenvalue weighted by atomic mass is 10.1. The lowest BCUT2D eigenvalue weighted by molar-refractivity contribution is -0.125. The summed E-state index contributed by atoms with van der Waals surface area (Å²) in [4.78, 5) is 23.0. The summed E-state index contributed by atoms with van der Waals surface area (Å²) >= 11 is 0. The number of hydrogen-bond donors (Lipinski definition) is 1. The Balaban J connectivity index is 3.62. The van der Waals surface area contributed by atoms with Crippen molar-refractivity contribution in [3.8, 4) is 0 Å². The monoisotopic (exact) mass is 228 g/mol. The molecule has 0 rings (SSSR count). The van der Waals surface area contributed by atoms with Crippen LogP contribution in [0.15, 0.2) is 0 Å². The van der Waals surface area contributed by atoms with Gasteiger partial charge in [0.25, 0.3) is 0 Å². The van der Waals surface area contributed by atoms with Gasteiger partial charge in [0.2, 0.25) is 6.41 Å². The summed E-state index contributed by atoms with van der Waals surface area (Å²) in [5.74, 6) is 0.0359. The lowest BCUT2D eigenvalue weighted by Crippen LogP contribution is -2.29. The first kappa shape index (κ1) is 15.1. The van der Waals surface area contributed by atoms with Crippen molar-refractivity contribution in [3.05, 3.63) is 0 Å². The first-order valence-electron chi connectivity index (χ1n) is 6.00. The van der Waals surface area contributed by atoms with Crippen molar-refractivity contribution in [2.45, 2.75) is 45.6 Å². The molecule has 0 aromatic rings. The van der Waals surface area contributed by atoms with Crippen molar-refractivity contribution in [2.24, 2.45) is 0 Å². The van der Waals surface area contributed by atoms with Gasteiger partial charge in [0, 0.05) is 12.6 Å². The van der Waals surface area contributed by atoms with E-state index in [9.17, 15) is 9.59 Å². The maximum Gasteiger partial charge on any atom is 0.210 e. The summed E-state index contributed by atoms with van der Waals surface area (Å²) in [7, 11) is 1.97. The molecular formula is C12H24N2O2. The molecule has 0 radical (unpaired) electrons. The van der Waals surface area contributed by atoms with E-state index in [4.69, 9.17) is 0 Å². The van der Waals surface area contributed by atoms with Crippen LogP contribution in [-0.4, -0.2) is 43.3 Å². The number of rotatable bonds is 10. The zero-order chi connectivity index (χ0) is 12.4. The van der Waals surface area contributed by atoms with Crippen LogP contribution < -0.4 is 5.32 Å². The smallest absolute Gasteiger partial charge is 0.210 e. The second-order valence-electron chi connectivity index (χ2n) is 4.17. The van der Waals surface area contributed by atoms with E-state index in [0.29, 0.717) is 12.6 Å². The van der Waals surface area contributed by atoms with Gasteiger partial charge in [-0.3, -0.25) is 9.59 Å². The Kier molecular flexibility index (Phi) is 8.81. The van der Waals surface area contributed by atoms with Gasteiger partial charge in [-0.15, -0.1) is 0 Å². The molecule has 1 N–H and O–H groups in total. The van der Waals surface area contributed by atoms with Crippen LogP contribution in [0.1, 0.15) is 39.5 Å². The predicted molar refractivity (Wildman–Crippen MR) is 65.3 cm³/mol. The Morgan fingerprint density at radius 3 is 2.56 bits per heavy atom. The van der Waals surface area contributed by atoms with Crippen LogP contribution in [-0.2, 0) is 9.59 Å². The van der Waals surface area contributed by atoms with Gasteiger partial charge in [-0.05, 0) is 33.2 Å². The molecule has 0 saturated carbocycles. The van der Waals surface area contributed by atoms with Gasteiger partial charge in [0.15, 0.2) is 0 Å². The SMILES string of the molecule is CCC(CCCCN(C=O)CC(C)=O)NC. The average Bonchev–Trinajstić information content (AvgIpc) is 2.27. The molecule has 0 bridgehead atoms. The molecule has 0 aliphatic carbocycles. The van der Waals surface area contributed by atoms with E-state index >= 15 is 0 Å². The van der Waals surface area contributed by atoms with Gasteiger partial charge in [-0.25, -0.2) is 0 Å². The van der Waals surface area contributed by atoms with E-state index in [1.165, 1.54) is 6.92 Å². The van der Waals surface area contributed by atoms with Crippen LogP contribution in [0.25, 0.3) is 0 Å². The first-order valence-corrected chi connectivity index (χ1v) is 6.00. The number of Topliss-reactive ketones (excluding diaryl/α,β-unsaturated/α-hetero) is 1. The topological polar surface area (TPSA) is 49.4 Å². The number of unbranched alkanes of at least 4 members (excludes halogenated alkanes) is 1. The van der Waals surface area contributed by atoms with E-state index in [1.807, 2.05) is 7.05 Å². The first-order chi connectivity index (χ1) is 7.63. The van der Waals surface area contributed by atoms with Gasteiger partial charge in [-0.1, -0.05) is 13.3 Å². The van der Waals surface area contributed by atoms with Crippen LogP contribution in [0, 0.1) is 0 Å². The number of amides is 1. The number of nitrogens with zero attached hydrogens (tertiary/aromatic N) is 1. The minimum atomic E-state index is 0.0359. The fourth-order valence-corrected chi connectivity index (χ4v) is 1.71. The van der Waals surface area contributed by atoms with Crippen molar-refractivity contribution >= 4 is 12.2 Å². The van der Waals surface area contributed by atoms with Crippen LogP contribution in [0.2, 0.25) is 0 Å². The summed E-state index contributed by atoms with van der Waals surface area (Å²) in [5.41, 5.74) is 0. The lowest BCUT2D eigenvalue weighted by Gasteiger charge is -2.17. The summed E-state index contributed by atoms with van der Waals surface area (Å²) in [6.45, 7) is 4.59. The molecule has 1 amide bonds. The Morgan fingerprint density at radius 1 is 1.44 bits per heavy atom. The van der Waals surface area contributed by atoms with E-state index < -0.39 is 0 Å². The highest BCUT2D eigenvalue weighted by atomic mass is 16.1. The largest absolute Gasteiger partial charge is 0.338 e. The van der Waals surface area contributed by atoms with Crippen LogP contribution in [0.3, 0.4) is 0 Å². The minimum Gasteiger partial charge on any atom is -0.338 e. The molecule has 0 aromatic heterocycles. The maximum atomic E-state index is 10.8. The average molecular weight is 228 g/mol. The molecule has 4 heteroatoms. The molecule has 16 heavy (non-hydrogen) atoms.